The molecule has 166 valence electrons. The number of benzene rings is 1. The lowest BCUT2D eigenvalue weighted by Crippen LogP contribution is -2.39. The van der Waals surface area contributed by atoms with Gasteiger partial charge in [0, 0.05) is 38.6 Å². The molecule has 0 bridgehead atoms. The number of aryl methyl sites for hydroxylation is 1. The van der Waals surface area contributed by atoms with Crippen LogP contribution in [0.25, 0.3) is 11.1 Å². The quantitative estimate of drug-likeness (QED) is 0.608. The first-order valence-electron chi connectivity index (χ1n) is 10.8. The van der Waals surface area contributed by atoms with Gasteiger partial charge in [0.1, 0.15) is 11.4 Å². The SMILES string of the molecule is COc1ccc(-c2cnc(N(C)C)nc2[C@H]2CCCCN2C(=O)c2cnc(C)cn2)cc1. The molecule has 0 radical (unpaired) electrons. The Morgan fingerprint density at radius 3 is 2.50 bits per heavy atom. The summed E-state index contributed by atoms with van der Waals surface area (Å²) in [6.45, 7) is 2.51. The maximum atomic E-state index is 13.4. The van der Waals surface area contributed by atoms with Crippen LogP contribution in [0.1, 0.15) is 47.2 Å². The number of carbonyl (C=O) groups excluding carboxylic acids is 1. The molecule has 4 rings (SSSR count). The minimum Gasteiger partial charge on any atom is -0.497 e. The number of anilines is 1. The van der Waals surface area contributed by atoms with Crippen molar-refractivity contribution in [3.05, 3.63) is 59.9 Å². The molecule has 3 aromatic rings. The van der Waals surface area contributed by atoms with Crippen LogP contribution in [0, 0.1) is 6.92 Å². The van der Waals surface area contributed by atoms with Gasteiger partial charge in [-0.3, -0.25) is 9.78 Å². The van der Waals surface area contributed by atoms with Crippen molar-refractivity contribution in [2.75, 3.05) is 32.6 Å². The molecule has 1 amide bonds. The second kappa shape index (κ2) is 9.30. The zero-order valence-corrected chi connectivity index (χ0v) is 18.9. The third-order valence-electron chi connectivity index (χ3n) is 5.69. The van der Waals surface area contributed by atoms with Crippen LogP contribution in [0.15, 0.2) is 42.9 Å². The van der Waals surface area contributed by atoms with Crippen molar-refractivity contribution in [3.63, 3.8) is 0 Å². The lowest BCUT2D eigenvalue weighted by atomic mass is 9.93. The van der Waals surface area contributed by atoms with Gasteiger partial charge in [0.2, 0.25) is 5.95 Å². The minimum atomic E-state index is -0.168. The Morgan fingerprint density at radius 2 is 1.84 bits per heavy atom. The topological polar surface area (TPSA) is 84.3 Å². The van der Waals surface area contributed by atoms with Gasteiger partial charge < -0.3 is 14.5 Å². The fourth-order valence-corrected chi connectivity index (χ4v) is 3.96. The molecular formula is C24H28N6O2. The van der Waals surface area contributed by atoms with E-state index in [1.54, 1.807) is 19.5 Å². The number of aromatic nitrogens is 4. The lowest BCUT2D eigenvalue weighted by molar-refractivity contribution is 0.0600. The molecule has 0 saturated carbocycles. The van der Waals surface area contributed by atoms with E-state index >= 15 is 0 Å². The van der Waals surface area contributed by atoms with E-state index in [1.807, 2.05) is 61.3 Å². The third kappa shape index (κ3) is 4.39. The molecular weight excluding hydrogens is 404 g/mol. The van der Waals surface area contributed by atoms with Crippen molar-refractivity contribution in [1.29, 1.82) is 0 Å². The van der Waals surface area contributed by atoms with Crippen LogP contribution < -0.4 is 9.64 Å². The molecule has 8 nitrogen and oxygen atoms in total. The number of hydrogen-bond donors (Lipinski definition) is 0. The number of amides is 1. The van der Waals surface area contributed by atoms with Crippen LogP contribution in [0.5, 0.6) is 5.75 Å². The van der Waals surface area contributed by atoms with Crippen LogP contribution >= 0.6 is 0 Å². The molecule has 1 fully saturated rings. The summed E-state index contributed by atoms with van der Waals surface area (Å²) in [5, 5.41) is 0. The van der Waals surface area contributed by atoms with Gasteiger partial charge in [-0.25, -0.2) is 15.0 Å². The third-order valence-corrected chi connectivity index (χ3v) is 5.69. The highest BCUT2D eigenvalue weighted by molar-refractivity contribution is 5.92. The van der Waals surface area contributed by atoms with E-state index in [9.17, 15) is 4.79 Å². The molecule has 2 aromatic heterocycles. The second-order valence-corrected chi connectivity index (χ2v) is 8.14. The first-order valence-corrected chi connectivity index (χ1v) is 10.8. The number of likely N-dealkylation sites (tertiary alicyclic amines) is 1. The summed E-state index contributed by atoms with van der Waals surface area (Å²) in [7, 11) is 5.48. The highest BCUT2D eigenvalue weighted by Gasteiger charge is 2.32. The number of piperidine rings is 1. The summed E-state index contributed by atoms with van der Waals surface area (Å²) in [6, 6.07) is 7.67. The normalized spacial score (nSPS) is 16.0. The van der Waals surface area contributed by atoms with Gasteiger partial charge in [-0.1, -0.05) is 12.1 Å². The van der Waals surface area contributed by atoms with Gasteiger partial charge in [0.05, 0.1) is 30.7 Å². The second-order valence-electron chi connectivity index (χ2n) is 8.14. The van der Waals surface area contributed by atoms with E-state index in [1.165, 1.54) is 0 Å². The van der Waals surface area contributed by atoms with E-state index in [0.29, 0.717) is 18.2 Å². The number of carbonyl (C=O) groups is 1. The molecule has 1 aliphatic rings. The maximum absolute atomic E-state index is 13.4. The first-order chi connectivity index (χ1) is 15.5. The van der Waals surface area contributed by atoms with E-state index in [0.717, 1.165) is 47.5 Å². The van der Waals surface area contributed by atoms with Crippen LogP contribution in [-0.4, -0.2) is 58.5 Å². The number of methoxy groups -OCH3 is 1. The van der Waals surface area contributed by atoms with Crippen LogP contribution in [0.2, 0.25) is 0 Å². The summed E-state index contributed by atoms with van der Waals surface area (Å²) < 4.78 is 5.30. The summed E-state index contributed by atoms with van der Waals surface area (Å²) in [5.74, 6) is 1.28. The van der Waals surface area contributed by atoms with Crippen molar-refractivity contribution in [1.82, 2.24) is 24.8 Å². The number of hydrogen-bond acceptors (Lipinski definition) is 7. The maximum Gasteiger partial charge on any atom is 0.274 e. The molecule has 1 aliphatic heterocycles. The number of nitrogens with zero attached hydrogens (tertiary/aromatic N) is 6. The molecule has 0 spiro atoms. The van der Waals surface area contributed by atoms with Crippen LogP contribution in [-0.2, 0) is 0 Å². The van der Waals surface area contributed by atoms with E-state index in [4.69, 9.17) is 9.72 Å². The molecule has 0 N–H and O–H groups in total. The Bertz CT molecular complexity index is 1080. The monoisotopic (exact) mass is 432 g/mol. The fourth-order valence-electron chi connectivity index (χ4n) is 3.96. The zero-order valence-electron chi connectivity index (χ0n) is 18.9. The molecule has 8 heteroatoms. The molecule has 32 heavy (non-hydrogen) atoms. The van der Waals surface area contributed by atoms with Gasteiger partial charge in [0.25, 0.3) is 5.91 Å². The number of ether oxygens (including phenoxy) is 1. The van der Waals surface area contributed by atoms with E-state index < -0.39 is 0 Å². The predicted molar refractivity (Wildman–Crippen MR) is 123 cm³/mol. The van der Waals surface area contributed by atoms with Crippen molar-refractivity contribution in [2.45, 2.75) is 32.2 Å². The smallest absolute Gasteiger partial charge is 0.274 e. The van der Waals surface area contributed by atoms with Gasteiger partial charge in [0.15, 0.2) is 0 Å². The number of rotatable bonds is 5. The van der Waals surface area contributed by atoms with Crippen LogP contribution in [0.3, 0.4) is 0 Å². The Labute approximate surface area is 188 Å². The van der Waals surface area contributed by atoms with Gasteiger partial charge in [-0.2, -0.15) is 0 Å². The largest absolute Gasteiger partial charge is 0.497 e. The zero-order chi connectivity index (χ0) is 22.7. The lowest BCUT2D eigenvalue weighted by Gasteiger charge is -2.36. The molecule has 1 saturated heterocycles. The summed E-state index contributed by atoms with van der Waals surface area (Å²) >= 11 is 0. The average Bonchev–Trinajstić information content (AvgIpc) is 2.83. The Balaban J connectivity index is 1.78. The predicted octanol–water partition coefficient (Wildman–Crippen LogP) is 3.68. The molecule has 1 atom stereocenters. The molecule has 1 aromatic carbocycles. The highest BCUT2D eigenvalue weighted by Crippen LogP contribution is 2.37. The fraction of sp³-hybridized carbons (Fsp3) is 0.375. The van der Waals surface area contributed by atoms with Crippen molar-refractivity contribution >= 4 is 11.9 Å². The standard InChI is InChI=1S/C24H28N6O2/c1-16-13-26-20(15-25-16)23(31)30-12-6-5-7-21(30)22-19(14-27-24(28-22)29(2)3)17-8-10-18(32-4)11-9-17/h8-11,13-15,21H,5-7,12H2,1-4H3/t21-/m1/s1. The van der Waals surface area contributed by atoms with Crippen molar-refractivity contribution < 1.29 is 9.53 Å². The minimum absolute atomic E-state index is 0.118. The Hall–Kier alpha value is -3.55. The average molecular weight is 433 g/mol. The Morgan fingerprint density at radius 1 is 1.06 bits per heavy atom. The first kappa shape index (κ1) is 21.7. The van der Waals surface area contributed by atoms with Gasteiger partial charge in [-0.05, 0) is 43.9 Å². The molecule has 3 heterocycles. The molecule has 0 aliphatic carbocycles. The Kier molecular flexibility index (Phi) is 6.30. The van der Waals surface area contributed by atoms with Gasteiger partial charge in [-0.15, -0.1) is 0 Å². The van der Waals surface area contributed by atoms with Gasteiger partial charge >= 0.3 is 0 Å². The molecule has 0 unspecified atom stereocenters. The van der Waals surface area contributed by atoms with E-state index in [2.05, 4.69) is 15.0 Å². The summed E-state index contributed by atoms with van der Waals surface area (Å²) in [6.07, 6.45) is 7.84. The highest BCUT2D eigenvalue weighted by atomic mass is 16.5. The van der Waals surface area contributed by atoms with E-state index in [-0.39, 0.29) is 11.9 Å². The van der Waals surface area contributed by atoms with Crippen molar-refractivity contribution in [2.24, 2.45) is 0 Å². The summed E-state index contributed by atoms with van der Waals surface area (Å²) in [5.41, 5.74) is 3.89. The van der Waals surface area contributed by atoms with Crippen molar-refractivity contribution in [3.8, 4) is 16.9 Å². The summed E-state index contributed by atoms with van der Waals surface area (Å²) in [4.78, 5) is 35.2. The van der Waals surface area contributed by atoms with Crippen LogP contribution in [0.4, 0.5) is 5.95 Å².